The predicted molar refractivity (Wildman–Crippen MR) is 71.0 cm³/mol. The normalized spacial score (nSPS) is 31.1. The predicted octanol–water partition coefficient (Wildman–Crippen LogP) is 1.07. The summed E-state index contributed by atoms with van der Waals surface area (Å²) in [6.07, 6.45) is 3.27. The Morgan fingerprint density at radius 2 is 2.37 bits per heavy atom. The van der Waals surface area contributed by atoms with Gasteiger partial charge in [0.05, 0.1) is 12.7 Å². The van der Waals surface area contributed by atoms with Gasteiger partial charge in [-0.25, -0.2) is 0 Å². The zero-order chi connectivity index (χ0) is 13.7. The molecule has 110 valence electrons. The number of methoxy groups -OCH3 is 1. The average Bonchev–Trinajstić information content (AvgIpc) is 2.45. The summed E-state index contributed by atoms with van der Waals surface area (Å²) in [5.74, 6) is 0.0717. The number of nitrogens with zero attached hydrogens (tertiary/aromatic N) is 1. The number of carbonyl (C=O) groups excluding carboxylic acids is 1. The van der Waals surface area contributed by atoms with Gasteiger partial charge in [-0.05, 0) is 26.2 Å². The van der Waals surface area contributed by atoms with Gasteiger partial charge in [-0.15, -0.1) is 0 Å². The van der Waals surface area contributed by atoms with E-state index in [-0.39, 0.29) is 24.0 Å². The summed E-state index contributed by atoms with van der Waals surface area (Å²) in [4.78, 5) is 13.9. The van der Waals surface area contributed by atoms with Gasteiger partial charge in [-0.3, -0.25) is 4.79 Å². The highest BCUT2D eigenvalue weighted by atomic mass is 16.5. The van der Waals surface area contributed by atoms with Crippen LogP contribution < -0.4 is 0 Å². The molecule has 2 aliphatic heterocycles. The van der Waals surface area contributed by atoms with Crippen LogP contribution in [0, 0.1) is 5.41 Å². The van der Waals surface area contributed by atoms with Crippen LogP contribution in [-0.4, -0.2) is 63.5 Å². The molecule has 5 heteroatoms. The largest absolute Gasteiger partial charge is 0.381 e. The Bertz CT molecular complexity index is 310. The van der Waals surface area contributed by atoms with E-state index in [0.29, 0.717) is 13.2 Å². The molecule has 0 saturated carbocycles. The fraction of sp³-hybridized carbons (Fsp3) is 0.929. The highest BCUT2D eigenvalue weighted by Crippen LogP contribution is 2.40. The SMILES string of the molecule is CCOC[C@@]12CCCO[C@@H]1CCN(C(=O)COC)C2. The van der Waals surface area contributed by atoms with Gasteiger partial charge in [-0.1, -0.05) is 0 Å². The van der Waals surface area contributed by atoms with Crippen LogP contribution in [0.4, 0.5) is 0 Å². The summed E-state index contributed by atoms with van der Waals surface area (Å²) >= 11 is 0. The molecule has 5 nitrogen and oxygen atoms in total. The highest BCUT2D eigenvalue weighted by Gasteiger charge is 2.47. The van der Waals surface area contributed by atoms with Crippen molar-refractivity contribution in [1.82, 2.24) is 4.90 Å². The summed E-state index contributed by atoms with van der Waals surface area (Å²) in [6.45, 7) is 5.90. The fourth-order valence-corrected chi connectivity index (χ4v) is 3.23. The molecule has 0 aromatic carbocycles. The molecule has 0 bridgehead atoms. The van der Waals surface area contributed by atoms with E-state index in [1.807, 2.05) is 11.8 Å². The minimum Gasteiger partial charge on any atom is -0.381 e. The van der Waals surface area contributed by atoms with E-state index < -0.39 is 0 Å². The van der Waals surface area contributed by atoms with E-state index in [0.717, 1.165) is 39.0 Å². The average molecular weight is 271 g/mol. The smallest absolute Gasteiger partial charge is 0.248 e. The second-order valence-corrected chi connectivity index (χ2v) is 5.50. The second kappa shape index (κ2) is 6.68. The summed E-state index contributed by atoms with van der Waals surface area (Å²) in [7, 11) is 1.56. The monoisotopic (exact) mass is 271 g/mol. The number of ether oxygens (including phenoxy) is 3. The van der Waals surface area contributed by atoms with E-state index in [9.17, 15) is 4.79 Å². The lowest BCUT2D eigenvalue weighted by Gasteiger charge is -2.50. The molecule has 2 aliphatic rings. The van der Waals surface area contributed by atoms with Crippen LogP contribution >= 0.6 is 0 Å². The number of rotatable bonds is 5. The Kier molecular flexibility index (Phi) is 5.19. The van der Waals surface area contributed by atoms with Crippen LogP contribution in [0.3, 0.4) is 0 Å². The quantitative estimate of drug-likeness (QED) is 0.750. The molecule has 2 heterocycles. The third-order valence-electron chi connectivity index (χ3n) is 4.20. The lowest BCUT2D eigenvalue weighted by Crippen LogP contribution is -2.58. The van der Waals surface area contributed by atoms with Crippen molar-refractivity contribution in [2.24, 2.45) is 5.41 Å². The number of likely N-dealkylation sites (tertiary alicyclic amines) is 1. The van der Waals surface area contributed by atoms with E-state index in [2.05, 4.69) is 0 Å². The second-order valence-electron chi connectivity index (χ2n) is 5.50. The van der Waals surface area contributed by atoms with Crippen molar-refractivity contribution < 1.29 is 19.0 Å². The maximum absolute atomic E-state index is 12.0. The molecular formula is C14H25NO4. The van der Waals surface area contributed by atoms with Crippen LogP contribution in [0.5, 0.6) is 0 Å². The highest BCUT2D eigenvalue weighted by molar-refractivity contribution is 5.77. The first-order valence-electron chi connectivity index (χ1n) is 7.18. The Morgan fingerprint density at radius 1 is 1.53 bits per heavy atom. The standard InChI is InChI=1S/C14H25NO4/c1-3-18-11-14-6-4-8-19-12(14)5-7-15(10-14)13(16)9-17-2/h12H,3-11H2,1-2H3/t12-,14+/m1/s1. The first kappa shape index (κ1) is 14.8. The van der Waals surface area contributed by atoms with Crippen molar-refractivity contribution in [2.45, 2.75) is 32.3 Å². The molecule has 19 heavy (non-hydrogen) atoms. The molecule has 0 aromatic heterocycles. The van der Waals surface area contributed by atoms with Gasteiger partial charge in [-0.2, -0.15) is 0 Å². The summed E-state index contributed by atoms with van der Waals surface area (Å²) < 4.78 is 16.5. The van der Waals surface area contributed by atoms with Gasteiger partial charge >= 0.3 is 0 Å². The molecule has 0 aromatic rings. The Labute approximate surface area is 115 Å². The van der Waals surface area contributed by atoms with Crippen molar-refractivity contribution in [1.29, 1.82) is 0 Å². The number of carbonyl (C=O) groups is 1. The molecule has 1 amide bonds. The molecule has 0 spiro atoms. The Morgan fingerprint density at radius 3 is 3.11 bits per heavy atom. The number of hydrogen-bond acceptors (Lipinski definition) is 4. The van der Waals surface area contributed by atoms with Crippen LogP contribution in [0.25, 0.3) is 0 Å². The van der Waals surface area contributed by atoms with Crippen LogP contribution in [-0.2, 0) is 19.0 Å². The van der Waals surface area contributed by atoms with E-state index in [4.69, 9.17) is 14.2 Å². The molecule has 0 radical (unpaired) electrons. The van der Waals surface area contributed by atoms with E-state index in [1.165, 1.54) is 0 Å². The van der Waals surface area contributed by atoms with Gasteiger partial charge in [0.25, 0.3) is 0 Å². The number of amides is 1. The van der Waals surface area contributed by atoms with E-state index in [1.54, 1.807) is 7.11 Å². The van der Waals surface area contributed by atoms with Gasteiger partial charge < -0.3 is 19.1 Å². The van der Waals surface area contributed by atoms with Crippen LogP contribution in [0.2, 0.25) is 0 Å². The zero-order valence-corrected chi connectivity index (χ0v) is 12.0. The molecular weight excluding hydrogens is 246 g/mol. The van der Waals surface area contributed by atoms with E-state index >= 15 is 0 Å². The Hall–Kier alpha value is -0.650. The lowest BCUT2D eigenvalue weighted by molar-refractivity contribution is -0.166. The molecule has 2 atom stereocenters. The summed E-state index contributed by atoms with van der Waals surface area (Å²) in [5, 5.41) is 0. The maximum atomic E-state index is 12.0. The minimum atomic E-state index is -0.0179. The molecule has 0 aliphatic carbocycles. The molecule has 0 unspecified atom stereocenters. The molecule has 2 saturated heterocycles. The van der Waals surface area contributed by atoms with Gasteiger partial charge in [0.1, 0.15) is 6.61 Å². The lowest BCUT2D eigenvalue weighted by atomic mass is 9.73. The summed E-state index contributed by atoms with van der Waals surface area (Å²) in [6, 6.07) is 0. The van der Waals surface area contributed by atoms with Crippen molar-refractivity contribution in [2.75, 3.05) is 46.6 Å². The zero-order valence-electron chi connectivity index (χ0n) is 12.0. The number of fused-ring (bicyclic) bond motifs is 1. The van der Waals surface area contributed by atoms with Crippen molar-refractivity contribution >= 4 is 5.91 Å². The molecule has 2 fully saturated rings. The topological polar surface area (TPSA) is 48.0 Å². The van der Waals surface area contributed by atoms with Crippen LogP contribution in [0.1, 0.15) is 26.2 Å². The molecule has 2 rings (SSSR count). The maximum Gasteiger partial charge on any atom is 0.248 e. The van der Waals surface area contributed by atoms with Gasteiger partial charge in [0.2, 0.25) is 5.91 Å². The van der Waals surface area contributed by atoms with Crippen molar-refractivity contribution in [3.8, 4) is 0 Å². The van der Waals surface area contributed by atoms with Crippen molar-refractivity contribution in [3.05, 3.63) is 0 Å². The number of piperidine rings is 1. The third-order valence-corrected chi connectivity index (χ3v) is 4.20. The Balaban J connectivity index is 2.05. The van der Waals surface area contributed by atoms with Gasteiger partial charge in [0, 0.05) is 38.8 Å². The first-order valence-corrected chi connectivity index (χ1v) is 7.18. The van der Waals surface area contributed by atoms with Gasteiger partial charge in [0.15, 0.2) is 0 Å². The molecule has 0 N–H and O–H groups in total. The fourth-order valence-electron chi connectivity index (χ4n) is 3.23. The summed E-state index contributed by atoms with van der Waals surface area (Å²) in [5.41, 5.74) is -0.0179. The van der Waals surface area contributed by atoms with Crippen LogP contribution in [0.15, 0.2) is 0 Å². The minimum absolute atomic E-state index is 0.0179. The first-order chi connectivity index (χ1) is 9.22. The van der Waals surface area contributed by atoms with Crippen molar-refractivity contribution in [3.63, 3.8) is 0 Å². The third kappa shape index (κ3) is 3.27. The number of hydrogen-bond donors (Lipinski definition) is 0.